The Kier molecular flexibility index (Phi) is 4.14. The third-order valence-corrected chi connectivity index (χ3v) is 4.73. The third kappa shape index (κ3) is 2.52. The number of piperazine rings is 3. The minimum Gasteiger partial charge on any atom is -0.495 e. The van der Waals surface area contributed by atoms with Gasteiger partial charge in [0.2, 0.25) is 0 Å². The molecule has 3 heterocycles. The van der Waals surface area contributed by atoms with E-state index in [1.807, 2.05) is 18.2 Å². The minimum atomic E-state index is 0.0873. The molecule has 2 unspecified atom stereocenters. The van der Waals surface area contributed by atoms with Crippen LogP contribution >= 0.6 is 11.6 Å². The molecule has 20 heavy (non-hydrogen) atoms. The highest BCUT2D eigenvalue weighted by atomic mass is 35.5. The van der Waals surface area contributed by atoms with Gasteiger partial charge in [0, 0.05) is 38.8 Å². The SMILES string of the molecule is COc1cc(C(NN)C2CN3CCN2CC3)ccc1Cl. The molecule has 0 spiro atoms. The molecule has 6 heteroatoms. The Morgan fingerprint density at radius 1 is 1.35 bits per heavy atom. The number of ether oxygens (including phenoxy) is 1. The number of hydrazine groups is 1. The highest BCUT2D eigenvalue weighted by molar-refractivity contribution is 6.32. The summed E-state index contributed by atoms with van der Waals surface area (Å²) in [5.41, 5.74) is 4.09. The monoisotopic (exact) mass is 296 g/mol. The number of nitrogens with zero attached hydrogens (tertiary/aromatic N) is 2. The molecule has 3 N–H and O–H groups in total. The summed E-state index contributed by atoms with van der Waals surface area (Å²) < 4.78 is 5.31. The fourth-order valence-corrected chi connectivity index (χ4v) is 3.47. The fourth-order valence-electron chi connectivity index (χ4n) is 3.27. The summed E-state index contributed by atoms with van der Waals surface area (Å²) in [6.07, 6.45) is 0. The molecule has 2 bridgehead atoms. The van der Waals surface area contributed by atoms with E-state index in [0.717, 1.165) is 38.3 Å². The summed E-state index contributed by atoms with van der Waals surface area (Å²) >= 11 is 6.10. The number of methoxy groups -OCH3 is 1. The van der Waals surface area contributed by atoms with Crippen molar-refractivity contribution in [1.29, 1.82) is 0 Å². The number of benzene rings is 1. The van der Waals surface area contributed by atoms with Crippen LogP contribution in [0.5, 0.6) is 5.75 Å². The van der Waals surface area contributed by atoms with Crippen LogP contribution in [0, 0.1) is 0 Å². The molecule has 0 aromatic heterocycles. The van der Waals surface area contributed by atoms with Crippen LogP contribution in [0.4, 0.5) is 0 Å². The third-order valence-electron chi connectivity index (χ3n) is 4.42. The lowest BCUT2D eigenvalue weighted by atomic mass is 9.94. The van der Waals surface area contributed by atoms with E-state index >= 15 is 0 Å². The van der Waals surface area contributed by atoms with Gasteiger partial charge < -0.3 is 4.74 Å². The molecule has 2 atom stereocenters. The van der Waals surface area contributed by atoms with Crippen molar-refractivity contribution in [1.82, 2.24) is 15.2 Å². The lowest BCUT2D eigenvalue weighted by molar-refractivity contribution is -0.00371. The second-order valence-electron chi connectivity index (χ2n) is 5.44. The maximum absolute atomic E-state index is 6.10. The van der Waals surface area contributed by atoms with Gasteiger partial charge in [-0.15, -0.1) is 0 Å². The van der Waals surface area contributed by atoms with Gasteiger partial charge in [0.1, 0.15) is 5.75 Å². The van der Waals surface area contributed by atoms with Crippen LogP contribution in [-0.2, 0) is 0 Å². The molecule has 3 fully saturated rings. The quantitative estimate of drug-likeness (QED) is 0.637. The lowest BCUT2D eigenvalue weighted by Gasteiger charge is -2.50. The largest absolute Gasteiger partial charge is 0.495 e. The molecular weight excluding hydrogens is 276 g/mol. The Balaban J connectivity index is 1.86. The molecule has 5 nitrogen and oxygen atoms in total. The van der Waals surface area contributed by atoms with Crippen molar-refractivity contribution < 1.29 is 4.74 Å². The van der Waals surface area contributed by atoms with E-state index in [1.54, 1.807) is 7.11 Å². The molecule has 3 saturated heterocycles. The summed E-state index contributed by atoms with van der Waals surface area (Å²) in [7, 11) is 1.63. The first-order chi connectivity index (χ1) is 9.72. The first-order valence-corrected chi connectivity index (χ1v) is 7.36. The van der Waals surface area contributed by atoms with Crippen LogP contribution in [0.25, 0.3) is 0 Å². The summed E-state index contributed by atoms with van der Waals surface area (Å²) in [6, 6.07) is 6.36. The maximum Gasteiger partial charge on any atom is 0.137 e. The number of fused-ring (bicyclic) bond motifs is 3. The molecular formula is C14H21ClN4O. The molecule has 0 amide bonds. The van der Waals surface area contributed by atoms with Gasteiger partial charge in [0.15, 0.2) is 0 Å². The van der Waals surface area contributed by atoms with Gasteiger partial charge >= 0.3 is 0 Å². The van der Waals surface area contributed by atoms with Crippen molar-refractivity contribution >= 4 is 11.6 Å². The highest BCUT2D eigenvalue weighted by Crippen LogP contribution is 2.32. The first kappa shape index (κ1) is 14.1. The van der Waals surface area contributed by atoms with Gasteiger partial charge in [-0.1, -0.05) is 17.7 Å². The predicted molar refractivity (Wildman–Crippen MR) is 79.9 cm³/mol. The van der Waals surface area contributed by atoms with Crippen molar-refractivity contribution in [2.75, 3.05) is 39.8 Å². The molecule has 3 aliphatic rings. The summed E-state index contributed by atoms with van der Waals surface area (Å²) in [4.78, 5) is 5.02. The van der Waals surface area contributed by atoms with E-state index in [0.29, 0.717) is 16.8 Å². The number of hydrogen-bond donors (Lipinski definition) is 2. The van der Waals surface area contributed by atoms with E-state index in [9.17, 15) is 0 Å². The standard InChI is InChI=1S/C14H21ClN4O/c1-20-13-8-10(2-3-11(13)15)14(17-16)12-9-18-4-6-19(12)7-5-18/h2-3,8,12,14,17H,4-7,9,16H2,1H3. The molecule has 0 saturated carbocycles. The lowest BCUT2D eigenvalue weighted by Crippen LogP contribution is -2.64. The van der Waals surface area contributed by atoms with E-state index in [4.69, 9.17) is 22.2 Å². The topological polar surface area (TPSA) is 53.8 Å². The Morgan fingerprint density at radius 2 is 2.10 bits per heavy atom. The van der Waals surface area contributed by atoms with Crippen LogP contribution in [0.3, 0.4) is 0 Å². The zero-order valence-electron chi connectivity index (χ0n) is 11.7. The van der Waals surface area contributed by atoms with Gasteiger partial charge in [-0.3, -0.25) is 21.1 Å². The van der Waals surface area contributed by atoms with Crippen LogP contribution in [0.2, 0.25) is 5.02 Å². The fraction of sp³-hybridized carbons (Fsp3) is 0.571. The number of rotatable bonds is 4. The molecule has 3 aliphatic heterocycles. The Hall–Kier alpha value is -0.850. The predicted octanol–water partition coefficient (Wildman–Crippen LogP) is 0.853. The highest BCUT2D eigenvalue weighted by Gasteiger charge is 2.37. The van der Waals surface area contributed by atoms with Gasteiger partial charge in [-0.25, -0.2) is 0 Å². The van der Waals surface area contributed by atoms with Crippen molar-refractivity contribution in [3.63, 3.8) is 0 Å². The average molecular weight is 297 g/mol. The van der Waals surface area contributed by atoms with Crippen molar-refractivity contribution in [3.05, 3.63) is 28.8 Å². The van der Waals surface area contributed by atoms with E-state index in [2.05, 4.69) is 15.2 Å². The van der Waals surface area contributed by atoms with E-state index < -0.39 is 0 Å². The normalized spacial score (nSPS) is 30.2. The van der Waals surface area contributed by atoms with Crippen LogP contribution < -0.4 is 16.0 Å². The van der Waals surface area contributed by atoms with E-state index in [-0.39, 0.29) is 6.04 Å². The average Bonchev–Trinajstić information content (AvgIpc) is 2.51. The minimum absolute atomic E-state index is 0.0873. The molecule has 0 aliphatic carbocycles. The number of halogens is 1. The summed E-state index contributed by atoms with van der Waals surface area (Å²) in [5.74, 6) is 6.52. The van der Waals surface area contributed by atoms with E-state index in [1.165, 1.54) is 0 Å². The number of hydrogen-bond acceptors (Lipinski definition) is 5. The second kappa shape index (κ2) is 5.87. The Bertz CT molecular complexity index is 476. The Morgan fingerprint density at radius 3 is 2.65 bits per heavy atom. The van der Waals surface area contributed by atoms with Crippen LogP contribution in [-0.4, -0.2) is 55.7 Å². The zero-order chi connectivity index (χ0) is 14.1. The molecule has 1 aromatic rings. The maximum atomic E-state index is 6.10. The smallest absolute Gasteiger partial charge is 0.137 e. The summed E-state index contributed by atoms with van der Waals surface area (Å²) in [6.45, 7) is 5.62. The molecule has 110 valence electrons. The first-order valence-electron chi connectivity index (χ1n) is 6.99. The van der Waals surface area contributed by atoms with Crippen molar-refractivity contribution in [2.45, 2.75) is 12.1 Å². The number of nitrogens with one attached hydrogen (secondary N) is 1. The van der Waals surface area contributed by atoms with Crippen molar-refractivity contribution in [2.24, 2.45) is 5.84 Å². The van der Waals surface area contributed by atoms with Gasteiger partial charge in [-0.05, 0) is 17.7 Å². The van der Waals surface area contributed by atoms with Gasteiger partial charge in [0.25, 0.3) is 0 Å². The summed E-state index contributed by atoms with van der Waals surface area (Å²) in [5, 5.41) is 0.626. The second-order valence-corrected chi connectivity index (χ2v) is 5.85. The zero-order valence-corrected chi connectivity index (χ0v) is 12.4. The molecule has 4 rings (SSSR count). The molecule has 0 radical (unpaired) electrons. The van der Waals surface area contributed by atoms with Crippen LogP contribution in [0.1, 0.15) is 11.6 Å². The molecule has 1 aromatic carbocycles. The van der Waals surface area contributed by atoms with Gasteiger partial charge in [-0.2, -0.15) is 0 Å². The van der Waals surface area contributed by atoms with Crippen molar-refractivity contribution in [3.8, 4) is 5.75 Å². The Labute approximate surface area is 124 Å². The van der Waals surface area contributed by atoms with Crippen LogP contribution in [0.15, 0.2) is 18.2 Å². The number of nitrogens with two attached hydrogens (primary N) is 1. The van der Waals surface area contributed by atoms with Gasteiger partial charge in [0.05, 0.1) is 18.2 Å².